The highest BCUT2D eigenvalue weighted by molar-refractivity contribution is 5.72. The van der Waals surface area contributed by atoms with Crippen molar-refractivity contribution in [2.75, 3.05) is 25.1 Å². The van der Waals surface area contributed by atoms with Gasteiger partial charge in [0.25, 0.3) is 0 Å². The second-order valence-corrected chi connectivity index (χ2v) is 6.05. The average molecular weight is 324 g/mol. The number of rotatable bonds is 4. The van der Waals surface area contributed by atoms with Crippen LogP contribution in [0.15, 0.2) is 51.7 Å². The van der Waals surface area contributed by atoms with Crippen molar-refractivity contribution >= 4 is 16.8 Å². The molecule has 124 valence electrons. The number of hydrogen-bond acceptors (Lipinski definition) is 4. The van der Waals surface area contributed by atoms with E-state index in [0.29, 0.717) is 12.1 Å². The molecule has 0 saturated carbocycles. The summed E-state index contributed by atoms with van der Waals surface area (Å²) in [6.07, 6.45) is 2.18. The van der Waals surface area contributed by atoms with E-state index in [1.54, 1.807) is 11.7 Å². The van der Waals surface area contributed by atoms with Gasteiger partial charge in [-0.25, -0.2) is 4.79 Å². The van der Waals surface area contributed by atoms with Crippen LogP contribution >= 0.6 is 0 Å². The summed E-state index contributed by atoms with van der Waals surface area (Å²) in [4.78, 5) is 14.4. The molecule has 3 aromatic rings. The molecule has 5 heteroatoms. The Bertz CT molecular complexity index is 912. The molecule has 0 fully saturated rings. The Hall–Kier alpha value is -2.69. The maximum absolute atomic E-state index is 12.1. The number of methoxy groups -OCH3 is 1. The van der Waals surface area contributed by atoms with Crippen LogP contribution in [0.5, 0.6) is 5.75 Å². The second-order valence-electron chi connectivity index (χ2n) is 6.05. The molecule has 2 aromatic carbocycles. The number of benzene rings is 2. The standard InChI is InChI=1S/C19H20N2O3/c1-23-17-10-4-6-14-7-5-11-20(18(14)17)12-13-21-15-8-2-3-9-16(15)24-19(21)22/h2-4,6,8-10H,5,7,11-13H2,1H3. The van der Waals surface area contributed by atoms with Crippen LogP contribution in [0.4, 0.5) is 5.69 Å². The predicted molar refractivity (Wildman–Crippen MR) is 94.0 cm³/mol. The van der Waals surface area contributed by atoms with E-state index in [2.05, 4.69) is 11.0 Å². The predicted octanol–water partition coefficient (Wildman–Crippen LogP) is 3.06. The first-order chi connectivity index (χ1) is 11.8. The Balaban J connectivity index is 1.64. The van der Waals surface area contributed by atoms with Crippen LogP contribution in [0.3, 0.4) is 0 Å². The molecule has 2 heterocycles. The van der Waals surface area contributed by atoms with Crippen LogP contribution in [-0.4, -0.2) is 24.8 Å². The van der Waals surface area contributed by atoms with E-state index in [1.807, 2.05) is 36.4 Å². The van der Waals surface area contributed by atoms with Crippen LogP contribution in [0.2, 0.25) is 0 Å². The monoisotopic (exact) mass is 324 g/mol. The van der Waals surface area contributed by atoms with Gasteiger partial charge in [-0.2, -0.15) is 0 Å². The summed E-state index contributed by atoms with van der Waals surface area (Å²) < 4.78 is 12.6. The fraction of sp³-hybridized carbons (Fsp3) is 0.316. The molecular weight excluding hydrogens is 304 g/mol. The number of anilines is 1. The Labute approximate surface area is 140 Å². The van der Waals surface area contributed by atoms with Crippen molar-refractivity contribution in [1.29, 1.82) is 0 Å². The van der Waals surface area contributed by atoms with Crippen LogP contribution in [-0.2, 0) is 13.0 Å². The first-order valence-corrected chi connectivity index (χ1v) is 8.27. The summed E-state index contributed by atoms with van der Waals surface area (Å²) >= 11 is 0. The first kappa shape index (κ1) is 14.9. The molecule has 24 heavy (non-hydrogen) atoms. The van der Waals surface area contributed by atoms with E-state index in [9.17, 15) is 4.79 Å². The van der Waals surface area contributed by atoms with Crippen molar-refractivity contribution in [3.05, 3.63) is 58.6 Å². The second kappa shape index (κ2) is 6.07. The minimum absolute atomic E-state index is 0.298. The zero-order valence-corrected chi connectivity index (χ0v) is 13.7. The summed E-state index contributed by atoms with van der Waals surface area (Å²) in [6.45, 7) is 2.31. The smallest absolute Gasteiger partial charge is 0.420 e. The summed E-state index contributed by atoms with van der Waals surface area (Å²) in [5.41, 5.74) is 3.95. The quantitative estimate of drug-likeness (QED) is 0.740. The number of para-hydroxylation sites is 3. The molecule has 0 amide bonds. The van der Waals surface area contributed by atoms with E-state index >= 15 is 0 Å². The molecule has 0 aliphatic carbocycles. The summed E-state index contributed by atoms with van der Waals surface area (Å²) in [6, 6.07) is 13.7. The largest absolute Gasteiger partial charge is 0.495 e. The SMILES string of the molecule is COc1cccc2c1N(CCn1c(=O)oc3ccccc31)CCC2. The molecule has 0 atom stereocenters. The van der Waals surface area contributed by atoms with E-state index in [4.69, 9.17) is 9.15 Å². The van der Waals surface area contributed by atoms with Crippen molar-refractivity contribution in [1.82, 2.24) is 4.57 Å². The van der Waals surface area contributed by atoms with Crippen molar-refractivity contribution in [3.63, 3.8) is 0 Å². The van der Waals surface area contributed by atoms with Gasteiger partial charge >= 0.3 is 5.76 Å². The Morgan fingerprint density at radius 3 is 2.88 bits per heavy atom. The maximum Gasteiger partial charge on any atom is 0.420 e. The lowest BCUT2D eigenvalue weighted by molar-refractivity contribution is 0.411. The first-order valence-electron chi connectivity index (χ1n) is 8.27. The molecule has 0 N–H and O–H groups in total. The number of ether oxygens (including phenoxy) is 1. The van der Waals surface area contributed by atoms with Crippen molar-refractivity contribution in [2.45, 2.75) is 19.4 Å². The van der Waals surface area contributed by atoms with Crippen LogP contribution in [0, 0.1) is 0 Å². The molecule has 0 spiro atoms. The highest BCUT2D eigenvalue weighted by Crippen LogP contribution is 2.35. The van der Waals surface area contributed by atoms with E-state index in [0.717, 1.165) is 42.9 Å². The third-order valence-corrected chi connectivity index (χ3v) is 4.66. The molecule has 5 nitrogen and oxygen atoms in total. The van der Waals surface area contributed by atoms with Gasteiger partial charge in [0.15, 0.2) is 5.58 Å². The fourth-order valence-corrected chi connectivity index (χ4v) is 3.54. The lowest BCUT2D eigenvalue weighted by Gasteiger charge is -2.32. The number of fused-ring (bicyclic) bond motifs is 2. The molecule has 1 aliphatic rings. The van der Waals surface area contributed by atoms with E-state index < -0.39 is 0 Å². The number of oxazole rings is 1. The normalized spacial score (nSPS) is 14.0. The lowest BCUT2D eigenvalue weighted by atomic mass is 10.0. The molecule has 1 aromatic heterocycles. The highest BCUT2D eigenvalue weighted by atomic mass is 16.5. The molecule has 4 rings (SSSR count). The third kappa shape index (κ3) is 2.46. The van der Waals surface area contributed by atoms with Gasteiger partial charge in [0.05, 0.1) is 18.3 Å². The van der Waals surface area contributed by atoms with Crippen molar-refractivity contribution in [2.24, 2.45) is 0 Å². The van der Waals surface area contributed by atoms with Gasteiger partial charge in [0.2, 0.25) is 0 Å². The summed E-state index contributed by atoms with van der Waals surface area (Å²) in [5.74, 6) is 0.602. The third-order valence-electron chi connectivity index (χ3n) is 4.66. The fourth-order valence-electron chi connectivity index (χ4n) is 3.54. The van der Waals surface area contributed by atoms with Gasteiger partial charge in [0, 0.05) is 19.6 Å². The van der Waals surface area contributed by atoms with E-state index in [-0.39, 0.29) is 5.76 Å². The van der Waals surface area contributed by atoms with Crippen LogP contribution in [0.25, 0.3) is 11.1 Å². The Morgan fingerprint density at radius 2 is 2.00 bits per heavy atom. The molecule has 1 aliphatic heterocycles. The molecule has 0 saturated heterocycles. The molecule has 0 bridgehead atoms. The zero-order chi connectivity index (χ0) is 16.5. The average Bonchev–Trinajstić information content (AvgIpc) is 2.94. The number of aromatic nitrogens is 1. The Morgan fingerprint density at radius 1 is 1.12 bits per heavy atom. The molecule has 0 unspecified atom stereocenters. The van der Waals surface area contributed by atoms with Gasteiger partial charge < -0.3 is 14.1 Å². The number of nitrogens with zero attached hydrogens (tertiary/aromatic N) is 2. The highest BCUT2D eigenvalue weighted by Gasteiger charge is 2.21. The van der Waals surface area contributed by atoms with E-state index in [1.165, 1.54) is 5.56 Å². The topological polar surface area (TPSA) is 47.6 Å². The van der Waals surface area contributed by atoms with Crippen molar-refractivity contribution in [3.8, 4) is 5.75 Å². The van der Waals surface area contributed by atoms with Gasteiger partial charge in [-0.1, -0.05) is 24.3 Å². The van der Waals surface area contributed by atoms with Crippen LogP contribution < -0.4 is 15.4 Å². The molecule has 0 radical (unpaired) electrons. The minimum atomic E-state index is -0.298. The van der Waals surface area contributed by atoms with Gasteiger partial charge in [0.1, 0.15) is 5.75 Å². The minimum Gasteiger partial charge on any atom is -0.495 e. The lowest BCUT2D eigenvalue weighted by Crippen LogP contribution is -2.34. The van der Waals surface area contributed by atoms with Gasteiger partial charge in [-0.15, -0.1) is 0 Å². The number of hydrogen-bond donors (Lipinski definition) is 0. The van der Waals surface area contributed by atoms with Crippen molar-refractivity contribution < 1.29 is 9.15 Å². The van der Waals surface area contributed by atoms with Crippen LogP contribution in [0.1, 0.15) is 12.0 Å². The maximum atomic E-state index is 12.1. The summed E-state index contributed by atoms with van der Waals surface area (Å²) in [7, 11) is 1.70. The van der Waals surface area contributed by atoms with Gasteiger partial charge in [-0.3, -0.25) is 4.57 Å². The number of aryl methyl sites for hydroxylation is 1. The summed E-state index contributed by atoms with van der Waals surface area (Å²) in [5, 5.41) is 0. The van der Waals surface area contributed by atoms with Gasteiger partial charge in [-0.05, 0) is 36.6 Å². The Kier molecular flexibility index (Phi) is 3.76. The zero-order valence-electron chi connectivity index (χ0n) is 13.7. The molecular formula is C19H20N2O3.